The molecule has 26 heavy (non-hydrogen) atoms. The Kier molecular flexibility index (Phi) is 5.59. The molecule has 3 nitrogen and oxygen atoms in total. The maximum atomic E-state index is 11.4. The van der Waals surface area contributed by atoms with Gasteiger partial charge in [-0.25, -0.2) is 4.79 Å². The Labute approximate surface area is 153 Å². The third kappa shape index (κ3) is 4.25. The first-order valence-electron chi connectivity index (χ1n) is 8.14. The number of aromatic nitrogens is 1. The Morgan fingerprint density at radius 2 is 1.85 bits per heavy atom. The minimum absolute atomic E-state index is 0.351. The number of hydrogen-bond donors (Lipinski definition) is 0. The lowest BCUT2D eigenvalue weighted by Gasteiger charge is -2.04. The van der Waals surface area contributed by atoms with Gasteiger partial charge in [0.05, 0.1) is 12.7 Å². The van der Waals surface area contributed by atoms with E-state index in [-0.39, 0.29) is 5.97 Å². The first-order valence-corrected chi connectivity index (χ1v) is 8.14. The summed E-state index contributed by atoms with van der Waals surface area (Å²) in [5.41, 5.74) is 4.61. The summed E-state index contributed by atoms with van der Waals surface area (Å²) in [5, 5.41) is 0. The van der Waals surface area contributed by atoms with E-state index in [1.807, 2.05) is 48.7 Å². The van der Waals surface area contributed by atoms with Crippen LogP contribution in [0.15, 0.2) is 79.1 Å². The molecule has 2 aromatic carbocycles. The molecular weight excluding hydrogens is 322 g/mol. The molecule has 0 N–H and O–H groups in total. The third-order valence-corrected chi connectivity index (χ3v) is 3.80. The highest BCUT2D eigenvalue weighted by molar-refractivity contribution is 5.89. The van der Waals surface area contributed by atoms with E-state index in [4.69, 9.17) is 0 Å². The summed E-state index contributed by atoms with van der Waals surface area (Å²) in [5.74, 6) is 5.74. The van der Waals surface area contributed by atoms with E-state index >= 15 is 0 Å². The normalized spacial score (nSPS) is 10.2. The number of esters is 1. The van der Waals surface area contributed by atoms with Gasteiger partial charge in [0.25, 0.3) is 0 Å². The van der Waals surface area contributed by atoms with Gasteiger partial charge in [-0.15, -0.1) is 0 Å². The lowest BCUT2D eigenvalue weighted by Crippen LogP contribution is -2.00. The number of carbonyl (C=O) groups excluding carboxylic acids is 1. The van der Waals surface area contributed by atoms with Crippen LogP contribution in [0.25, 0.3) is 17.2 Å². The van der Waals surface area contributed by atoms with Crippen LogP contribution >= 0.6 is 0 Å². The molecule has 3 aromatic rings. The first kappa shape index (κ1) is 17.2. The maximum absolute atomic E-state index is 11.4. The fourth-order valence-corrected chi connectivity index (χ4v) is 2.49. The van der Waals surface area contributed by atoms with E-state index in [2.05, 4.69) is 27.6 Å². The molecule has 0 aliphatic heterocycles. The number of rotatable bonds is 3. The van der Waals surface area contributed by atoms with E-state index in [9.17, 15) is 4.79 Å². The Bertz CT molecular complexity index is 978. The number of nitrogens with zero attached hydrogens (tertiary/aromatic N) is 1. The van der Waals surface area contributed by atoms with Crippen molar-refractivity contribution in [2.24, 2.45) is 0 Å². The highest BCUT2D eigenvalue weighted by Gasteiger charge is 2.03. The zero-order chi connectivity index (χ0) is 18.2. The van der Waals surface area contributed by atoms with Crippen molar-refractivity contribution in [1.29, 1.82) is 0 Å². The molecular formula is C23H17NO2. The Morgan fingerprint density at radius 3 is 2.58 bits per heavy atom. The van der Waals surface area contributed by atoms with Crippen LogP contribution < -0.4 is 0 Å². The summed E-state index contributed by atoms with van der Waals surface area (Å²) in [6, 6.07) is 19.1. The van der Waals surface area contributed by atoms with Crippen LogP contribution in [0.1, 0.15) is 21.5 Å². The Morgan fingerprint density at radius 1 is 1.04 bits per heavy atom. The smallest absolute Gasteiger partial charge is 0.337 e. The lowest BCUT2D eigenvalue weighted by molar-refractivity contribution is 0.0600. The van der Waals surface area contributed by atoms with E-state index in [1.54, 1.807) is 30.5 Å². The van der Waals surface area contributed by atoms with Crippen molar-refractivity contribution in [3.8, 4) is 23.0 Å². The van der Waals surface area contributed by atoms with Crippen molar-refractivity contribution >= 4 is 12.0 Å². The number of pyridine rings is 1. The number of allylic oxidation sites excluding steroid dienone is 1. The fraction of sp³-hybridized carbons (Fsp3) is 0.0435. The van der Waals surface area contributed by atoms with Crippen molar-refractivity contribution in [1.82, 2.24) is 4.98 Å². The van der Waals surface area contributed by atoms with Crippen LogP contribution in [0.2, 0.25) is 0 Å². The van der Waals surface area contributed by atoms with Gasteiger partial charge in [0.15, 0.2) is 0 Å². The molecule has 1 heterocycles. The molecule has 0 bridgehead atoms. The van der Waals surface area contributed by atoms with E-state index < -0.39 is 0 Å². The number of carbonyl (C=O) groups is 1. The molecule has 0 fully saturated rings. The molecule has 0 radical (unpaired) electrons. The molecule has 0 aliphatic carbocycles. The van der Waals surface area contributed by atoms with Crippen molar-refractivity contribution in [3.05, 3.63) is 95.8 Å². The molecule has 0 spiro atoms. The average molecular weight is 339 g/mol. The molecule has 3 heteroatoms. The summed E-state index contributed by atoms with van der Waals surface area (Å²) in [6.07, 6.45) is 7.42. The maximum Gasteiger partial charge on any atom is 0.337 e. The lowest BCUT2D eigenvalue weighted by atomic mass is 10.0. The summed E-state index contributed by atoms with van der Waals surface area (Å²) < 4.78 is 4.68. The predicted octanol–water partition coefficient (Wildman–Crippen LogP) is 4.60. The molecule has 0 unspecified atom stereocenters. The molecule has 0 aliphatic rings. The second-order valence-corrected chi connectivity index (χ2v) is 5.50. The van der Waals surface area contributed by atoms with Crippen LogP contribution in [0.3, 0.4) is 0 Å². The van der Waals surface area contributed by atoms with Gasteiger partial charge in [-0.3, -0.25) is 4.98 Å². The molecule has 0 saturated heterocycles. The highest BCUT2D eigenvalue weighted by Crippen LogP contribution is 2.23. The minimum atomic E-state index is -0.351. The molecule has 0 saturated carbocycles. The van der Waals surface area contributed by atoms with Gasteiger partial charge in [0, 0.05) is 23.5 Å². The van der Waals surface area contributed by atoms with Crippen LogP contribution in [0, 0.1) is 11.8 Å². The Hall–Kier alpha value is -3.64. The largest absolute Gasteiger partial charge is 0.465 e. The summed E-state index contributed by atoms with van der Waals surface area (Å²) in [7, 11) is 1.37. The van der Waals surface area contributed by atoms with Crippen LogP contribution in [-0.2, 0) is 4.74 Å². The summed E-state index contributed by atoms with van der Waals surface area (Å²) in [4.78, 5) is 15.6. The molecule has 3 rings (SSSR count). The van der Waals surface area contributed by atoms with Crippen molar-refractivity contribution in [3.63, 3.8) is 0 Å². The Balaban J connectivity index is 1.76. The summed E-state index contributed by atoms with van der Waals surface area (Å²) in [6.45, 7) is 0. The zero-order valence-corrected chi connectivity index (χ0v) is 14.3. The monoisotopic (exact) mass is 339 g/mol. The zero-order valence-electron chi connectivity index (χ0n) is 14.3. The van der Waals surface area contributed by atoms with Gasteiger partial charge in [-0.2, -0.15) is 0 Å². The van der Waals surface area contributed by atoms with E-state index in [0.717, 1.165) is 22.3 Å². The van der Waals surface area contributed by atoms with Crippen LogP contribution in [0.5, 0.6) is 0 Å². The summed E-state index contributed by atoms with van der Waals surface area (Å²) >= 11 is 0. The van der Waals surface area contributed by atoms with Crippen molar-refractivity contribution in [2.75, 3.05) is 7.11 Å². The highest BCUT2D eigenvalue weighted by atomic mass is 16.5. The number of benzene rings is 2. The second-order valence-electron chi connectivity index (χ2n) is 5.50. The van der Waals surface area contributed by atoms with Gasteiger partial charge < -0.3 is 4.74 Å². The predicted molar refractivity (Wildman–Crippen MR) is 103 cm³/mol. The van der Waals surface area contributed by atoms with Gasteiger partial charge in [0.1, 0.15) is 0 Å². The first-order chi connectivity index (χ1) is 12.8. The quantitative estimate of drug-likeness (QED) is 0.517. The molecule has 126 valence electrons. The van der Waals surface area contributed by atoms with Gasteiger partial charge in [-0.05, 0) is 53.6 Å². The molecule has 0 atom stereocenters. The SMILES string of the molecule is COC(=O)c1ccc(C#CC=Cc2ccccc2-c2cccnc2)cc1. The van der Waals surface area contributed by atoms with Crippen molar-refractivity contribution in [2.45, 2.75) is 0 Å². The minimum Gasteiger partial charge on any atom is -0.465 e. The number of ether oxygens (including phenoxy) is 1. The third-order valence-electron chi connectivity index (χ3n) is 3.80. The fourth-order valence-electron chi connectivity index (χ4n) is 2.49. The van der Waals surface area contributed by atoms with Crippen LogP contribution in [0.4, 0.5) is 0 Å². The molecule has 0 amide bonds. The standard InChI is InChI=1S/C23H17NO2/c1-26-23(25)20-14-12-18(13-15-20)7-2-3-8-19-9-4-5-11-22(19)21-10-6-16-24-17-21/h3-6,8-17H,1H3. The second kappa shape index (κ2) is 8.46. The van der Waals surface area contributed by atoms with Crippen molar-refractivity contribution < 1.29 is 9.53 Å². The van der Waals surface area contributed by atoms with E-state index in [0.29, 0.717) is 5.56 Å². The van der Waals surface area contributed by atoms with E-state index in [1.165, 1.54) is 7.11 Å². The van der Waals surface area contributed by atoms with Gasteiger partial charge in [0.2, 0.25) is 0 Å². The molecule has 1 aromatic heterocycles. The number of methoxy groups -OCH3 is 1. The average Bonchev–Trinajstić information content (AvgIpc) is 2.72. The van der Waals surface area contributed by atoms with Gasteiger partial charge >= 0.3 is 5.97 Å². The number of hydrogen-bond acceptors (Lipinski definition) is 3. The topological polar surface area (TPSA) is 39.2 Å². The van der Waals surface area contributed by atoms with Gasteiger partial charge in [-0.1, -0.05) is 42.2 Å². The van der Waals surface area contributed by atoms with Crippen LogP contribution in [-0.4, -0.2) is 18.1 Å².